The molecule has 0 unspecified atom stereocenters. The average molecular weight is 759 g/mol. The zero-order valence-electron chi connectivity index (χ0n) is 30.6. The number of thiophene rings is 1. The van der Waals surface area contributed by atoms with Gasteiger partial charge in [-0.25, -0.2) is 14.6 Å². The van der Waals surface area contributed by atoms with E-state index in [1.807, 2.05) is 54.6 Å². The molecule has 13 heteroatoms. The molecule has 0 fully saturated rings. The Morgan fingerprint density at radius 2 is 1.25 bits per heavy atom. The molecule has 0 bridgehead atoms. The summed E-state index contributed by atoms with van der Waals surface area (Å²) >= 11 is 2.94. The van der Waals surface area contributed by atoms with Crippen molar-refractivity contribution in [1.29, 1.82) is 0 Å². The van der Waals surface area contributed by atoms with E-state index in [4.69, 9.17) is 14.2 Å². The SMILES string of the molecule is C=CC(=O)OCCCCCCCCCCCOc1ccc(/N=N/c2cc3sc(/N=N/c4ccc(N(CC)CCCCOC(=O)C=C)cc4)nc3s2)cc1. The largest absolute Gasteiger partial charge is 0.494 e. The number of carbonyl (C=O) groups is 2. The van der Waals surface area contributed by atoms with Crippen LogP contribution >= 0.6 is 22.7 Å². The minimum Gasteiger partial charge on any atom is -0.494 e. The predicted octanol–water partition coefficient (Wildman–Crippen LogP) is 12.1. The maximum atomic E-state index is 11.2. The number of unbranched alkanes of at least 4 members (excludes halogenated alkanes) is 9. The lowest BCUT2D eigenvalue weighted by atomic mass is 10.1. The number of thiazole rings is 1. The summed E-state index contributed by atoms with van der Waals surface area (Å²) in [5.74, 6) is 0.114. The molecular formula is C40H50N6O5S2. The van der Waals surface area contributed by atoms with Gasteiger partial charge in [0, 0.05) is 30.9 Å². The monoisotopic (exact) mass is 758 g/mol. The van der Waals surface area contributed by atoms with Crippen LogP contribution in [0.1, 0.15) is 77.6 Å². The zero-order valence-corrected chi connectivity index (χ0v) is 32.3. The van der Waals surface area contributed by atoms with E-state index in [1.54, 1.807) is 0 Å². The first kappa shape index (κ1) is 41.0. The minimum absolute atomic E-state index is 0.339. The van der Waals surface area contributed by atoms with Gasteiger partial charge < -0.3 is 19.1 Å². The van der Waals surface area contributed by atoms with Crippen LogP contribution in [0, 0.1) is 0 Å². The molecule has 4 rings (SSSR count). The fourth-order valence-corrected chi connectivity index (χ4v) is 7.17. The Kier molecular flexibility index (Phi) is 18.4. The molecule has 0 aliphatic heterocycles. The van der Waals surface area contributed by atoms with Crippen molar-refractivity contribution in [2.24, 2.45) is 20.5 Å². The molecule has 11 nitrogen and oxygen atoms in total. The molecule has 0 aliphatic carbocycles. The second-order valence-corrected chi connectivity index (χ2v) is 14.2. The summed E-state index contributed by atoms with van der Waals surface area (Å²) in [5.41, 5.74) is 2.62. The van der Waals surface area contributed by atoms with Gasteiger partial charge in [0.15, 0.2) is 0 Å². The number of carbonyl (C=O) groups excluding carboxylic acids is 2. The summed E-state index contributed by atoms with van der Waals surface area (Å²) in [5, 5.41) is 18.9. The lowest BCUT2D eigenvalue weighted by Crippen LogP contribution is -2.24. The van der Waals surface area contributed by atoms with Crippen LogP contribution in [0.4, 0.5) is 27.2 Å². The van der Waals surface area contributed by atoms with Gasteiger partial charge in [0.05, 0.1) is 35.9 Å². The third-order valence-corrected chi connectivity index (χ3v) is 10.1. The van der Waals surface area contributed by atoms with Crippen LogP contribution in [0.25, 0.3) is 9.53 Å². The molecule has 4 aromatic rings. The third kappa shape index (κ3) is 15.4. The van der Waals surface area contributed by atoms with Gasteiger partial charge in [0.1, 0.15) is 15.6 Å². The van der Waals surface area contributed by atoms with Gasteiger partial charge in [-0.15, -0.1) is 20.5 Å². The lowest BCUT2D eigenvalue weighted by Gasteiger charge is -2.23. The summed E-state index contributed by atoms with van der Waals surface area (Å²) in [4.78, 5) is 29.9. The second kappa shape index (κ2) is 23.7. The molecule has 0 amide bonds. The number of benzene rings is 2. The normalized spacial score (nSPS) is 11.3. The van der Waals surface area contributed by atoms with Crippen LogP contribution in [-0.2, 0) is 19.1 Å². The maximum absolute atomic E-state index is 11.2. The molecule has 0 aliphatic rings. The predicted molar refractivity (Wildman–Crippen MR) is 215 cm³/mol. The Balaban J connectivity index is 1.11. The number of nitrogens with zero attached hydrogens (tertiary/aromatic N) is 6. The molecular weight excluding hydrogens is 709 g/mol. The van der Waals surface area contributed by atoms with E-state index in [9.17, 15) is 9.59 Å². The molecule has 0 saturated carbocycles. The highest BCUT2D eigenvalue weighted by Crippen LogP contribution is 2.39. The van der Waals surface area contributed by atoms with Gasteiger partial charge in [-0.05, 0) is 87.2 Å². The highest BCUT2D eigenvalue weighted by atomic mass is 32.1. The highest BCUT2D eigenvalue weighted by Gasteiger charge is 2.09. The number of azo groups is 2. The van der Waals surface area contributed by atoms with Crippen LogP contribution in [0.15, 0.2) is 100 Å². The minimum atomic E-state index is -0.382. The fourth-order valence-electron chi connectivity index (χ4n) is 5.32. The number of hydrogen-bond donors (Lipinski definition) is 0. The van der Waals surface area contributed by atoms with Gasteiger partial charge in [0.2, 0.25) is 5.13 Å². The van der Waals surface area contributed by atoms with E-state index in [-0.39, 0.29) is 11.9 Å². The van der Waals surface area contributed by atoms with Crippen molar-refractivity contribution >= 4 is 71.3 Å². The van der Waals surface area contributed by atoms with Crippen molar-refractivity contribution < 1.29 is 23.8 Å². The number of rotatable bonds is 26. The second-order valence-electron chi connectivity index (χ2n) is 12.2. The topological polar surface area (TPSA) is 127 Å². The number of hydrogen-bond acceptors (Lipinski definition) is 13. The lowest BCUT2D eigenvalue weighted by molar-refractivity contribution is -0.138. The molecule has 0 radical (unpaired) electrons. The fraction of sp³-hybridized carbons (Fsp3) is 0.425. The summed E-state index contributed by atoms with van der Waals surface area (Å²) < 4.78 is 17.0. The summed E-state index contributed by atoms with van der Waals surface area (Å²) in [6.07, 6.45) is 14.4. The van der Waals surface area contributed by atoms with Crippen molar-refractivity contribution in [3.05, 3.63) is 79.9 Å². The Morgan fingerprint density at radius 3 is 1.83 bits per heavy atom. The molecule has 2 aromatic heterocycles. The number of anilines is 1. The summed E-state index contributed by atoms with van der Waals surface area (Å²) in [6, 6.07) is 17.6. The molecule has 2 aromatic carbocycles. The van der Waals surface area contributed by atoms with Gasteiger partial charge >= 0.3 is 11.9 Å². The van der Waals surface area contributed by atoms with Gasteiger partial charge in [-0.1, -0.05) is 80.8 Å². The van der Waals surface area contributed by atoms with Crippen molar-refractivity contribution in [2.45, 2.75) is 77.6 Å². The molecule has 0 N–H and O–H groups in total. The van der Waals surface area contributed by atoms with Crippen LogP contribution in [0.3, 0.4) is 0 Å². The average Bonchev–Trinajstić information content (AvgIpc) is 3.75. The number of fused-ring (bicyclic) bond motifs is 1. The van der Waals surface area contributed by atoms with E-state index >= 15 is 0 Å². The summed E-state index contributed by atoms with van der Waals surface area (Å²) in [7, 11) is 0. The van der Waals surface area contributed by atoms with Crippen LogP contribution in [0.5, 0.6) is 5.75 Å². The van der Waals surface area contributed by atoms with Crippen LogP contribution in [-0.4, -0.2) is 49.8 Å². The first-order valence-corrected chi connectivity index (χ1v) is 20.0. The van der Waals surface area contributed by atoms with E-state index in [2.05, 4.69) is 50.4 Å². The van der Waals surface area contributed by atoms with Crippen molar-refractivity contribution in [1.82, 2.24) is 4.98 Å². The quantitative estimate of drug-likeness (QED) is 0.0270. The van der Waals surface area contributed by atoms with E-state index in [0.29, 0.717) is 25.0 Å². The number of esters is 2. The van der Waals surface area contributed by atoms with Gasteiger partial charge in [-0.3, -0.25) is 0 Å². The van der Waals surface area contributed by atoms with E-state index < -0.39 is 0 Å². The van der Waals surface area contributed by atoms with Crippen molar-refractivity contribution in [2.75, 3.05) is 37.8 Å². The Morgan fingerprint density at radius 1 is 0.698 bits per heavy atom. The van der Waals surface area contributed by atoms with Crippen LogP contribution in [0.2, 0.25) is 0 Å². The Hall–Kier alpha value is -4.75. The summed E-state index contributed by atoms with van der Waals surface area (Å²) in [6.45, 7) is 12.3. The molecule has 53 heavy (non-hydrogen) atoms. The molecule has 282 valence electrons. The van der Waals surface area contributed by atoms with Crippen molar-refractivity contribution in [3.63, 3.8) is 0 Å². The molecule has 0 atom stereocenters. The number of ether oxygens (including phenoxy) is 3. The standard InChI is InChI=1S/C40H50N6O5S2/c1-4-37(47)50-28-16-13-11-9-7-8-10-12-15-27-49-34-24-20-32(21-25-34)42-44-36-30-35-39(53-36)41-40(52-35)45-43-31-18-22-33(23-19-31)46(6-3)26-14-17-29-51-38(48)5-2/h4-5,18-25,30H,1-2,6-17,26-29H2,3H3/b44-42+,45-43+. The van der Waals surface area contributed by atoms with Crippen molar-refractivity contribution in [3.8, 4) is 5.75 Å². The smallest absolute Gasteiger partial charge is 0.330 e. The molecule has 2 heterocycles. The van der Waals surface area contributed by atoms with E-state index in [0.717, 1.165) is 89.0 Å². The molecule has 0 saturated heterocycles. The highest BCUT2D eigenvalue weighted by molar-refractivity contribution is 7.30. The van der Waals surface area contributed by atoms with Gasteiger partial charge in [0.25, 0.3) is 0 Å². The van der Waals surface area contributed by atoms with Crippen LogP contribution < -0.4 is 9.64 Å². The number of aromatic nitrogens is 1. The first-order valence-electron chi connectivity index (χ1n) is 18.4. The maximum Gasteiger partial charge on any atom is 0.330 e. The first-order chi connectivity index (χ1) is 26.0. The Labute approximate surface area is 320 Å². The van der Waals surface area contributed by atoms with Gasteiger partial charge in [-0.2, -0.15) is 0 Å². The Bertz CT molecular complexity index is 1740. The zero-order chi connectivity index (χ0) is 37.5. The molecule has 0 spiro atoms. The third-order valence-electron chi connectivity index (χ3n) is 8.22. The van der Waals surface area contributed by atoms with E-state index in [1.165, 1.54) is 66.9 Å².